The van der Waals surface area contributed by atoms with Crippen LogP contribution in [0.3, 0.4) is 0 Å². The Morgan fingerprint density at radius 3 is 2.93 bits per heavy atom. The van der Waals surface area contributed by atoms with Gasteiger partial charge in [-0.15, -0.1) is 0 Å². The summed E-state index contributed by atoms with van der Waals surface area (Å²) in [6.07, 6.45) is 4.15. The van der Waals surface area contributed by atoms with Gasteiger partial charge in [-0.1, -0.05) is 0 Å². The molecule has 0 atom stereocenters. The molecule has 1 N–H and O–H groups in total. The van der Waals surface area contributed by atoms with Crippen LogP contribution in [0.5, 0.6) is 0 Å². The molecular weight excluding hydrogens is 366 g/mol. The van der Waals surface area contributed by atoms with Crippen LogP contribution in [0.4, 0.5) is 0 Å². The van der Waals surface area contributed by atoms with Gasteiger partial charge in [0.1, 0.15) is 5.82 Å². The Labute approximate surface area is 170 Å². The van der Waals surface area contributed by atoms with E-state index < -0.39 is 0 Å². The van der Waals surface area contributed by atoms with Crippen molar-refractivity contribution < 1.29 is 4.74 Å². The third-order valence-electron chi connectivity index (χ3n) is 5.68. The molecule has 0 fully saturated rings. The van der Waals surface area contributed by atoms with Gasteiger partial charge in [0.05, 0.1) is 12.3 Å². The lowest BCUT2D eigenvalue weighted by atomic mass is 10.1. The molecule has 1 aliphatic heterocycles. The SMILES string of the molecule is COCCn1c(C)cc(CN2CCc3c(nc(-c4cccnc4)[nH]c3=O)C2)c1C. The molecule has 0 saturated heterocycles. The van der Waals surface area contributed by atoms with E-state index in [0.717, 1.165) is 36.5 Å². The number of nitrogens with one attached hydrogen (secondary N) is 1. The van der Waals surface area contributed by atoms with Crippen LogP contribution in [0.15, 0.2) is 35.4 Å². The van der Waals surface area contributed by atoms with E-state index in [9.17, 15) is 4.79 Å². The number of hydrogen-bond acceptors (Lipinski definition) is 5. The molecule has 4 rings (SSSR count). The van der Waals surface area contributed by atoms with Crippen LogP contribution in [0, 0.1) is 13.8 Å². The van der Waals surface area contributed by atoms with Crippen molar-refractivity contribution in [3.05, 3.63) is 69.2 Å². The monoisotopic (exact) mass is 393 g/mol. The highest BCUT2D eigenvalue weighted by Gasteiger charge is 2.22. The van der Waals surface area contributed by atoms with Crippen LogP contribution in [-0.2, 0) is 30.8 Å². The number of fused-ring (bicyclic) bond motifs is 1. The minimum atomic E-state index is -0.0359. The molecule has 152 valence electrons. The number of aromatic nitrogens is 4. The second-order valence-corrected chi connectivity index (χ2v) is 7.58. The average molecular weight is 393 g/mol. The smallest absolute Gasteiger partial charge is 0.254 e. The van der Waals surface area contributed by atoms with Gasteiger partial charge in [0.25, 0.3) is 5.56 Å². The number of H-pyrrole nitrogens is 1. The predicted molar refractivity (Wildman–Crippen MR) is 112 cm³/mol. The van der Waals surface area contributed by atoms with Crippen molar-refractivity contribution in [2.75, 3.05) is 20.3 Å². The molecule has 1 aliphatic rings. The van der Waals surface area contributed by atoms with Gasteiger partial charge >= 0.3 is 0 Å². The number of aromatic amines is 1. The number of nitrogens with zero attached hydrogens (tertiary/aromatic N) is 4. The Bertz CT molecular complexity index is 1060. The first-order chi connectivity index (χ1) is 14.1. The standard InChI is InChI=1S/C22H27N5O2/c1-15-11-18(16(2)27(15)9-10-29-3)13-26-8-6-19-20(14-26)24-21(25-22(19)28)17-5-4-7-23-12-17/h4-5,7,11-12H,6,8-10,13-14H2,1-3H3,(H,24,25,28). The Morgan fingerprint density at radius 1 is 1.31 bits per heavy atom. The Morgan fingerprint density at radius 2 is 2.17 bits per heavy atom. The maximum Gasteiger partial charge on any atom is 0.254 e. The van der Waals surface area contributed by atoms with Crippen molar-refractivity contribution in [1.82, 2.24) is 24.4 Å². The quantitative estimate of drug-likeness (QED) is 0.696. The van der Waals surface area contributed by atoms with Crippen LogP contribution in [-0.4, -0.2) is 44.7 Å². The lowest BCUT2D eigenvalue weighted by Gasteiger charge is -2.27. The van der Waals surface area contributed by atoms with Gasteiger partial charge in [-0.2, -0.15) is 0 Å². The predicted octanol–water partition coefficient (Wildman–Crippen LogP) is 2.45. The summed E-state index contributed by atoms with van der Waals surface area (Å²) in [6, 6.07) is 6.01. The molecule has 0 radical (unpaired) electrons. The molecule has 4 heterocycles. The Kier molecular flexibility index (Phi) is 5.60. The summed E-state index contributed by atoms with van der Waals surface area (Å²) in [5.74, 6) is 0.585. The van der Waals surface area contributed by atoms with Crippen molar-refractivity contribution in [2.45, 2.75) is 39.9 Å². The molecule has 0 aromatic carbocycles. The summed E-state index contributed by atoms with van der Waals surface area (Å²) >= 11 is 0. The second kappa shape index (κ2) is 8.31. The highest BCUT2D eigenvalue weighted by atomic mass is 16.5. The largest absolute Gasteiger partial charge is 0.383 e. The summed E-state index contributed by atoms with van der Waals surface area (Å²) < 4.78 is 7.54. The van der Waals surface area contributed by atoms with Gasteiger partial charge in [-0.05, 0) is 44.0 Å². The van der Waals surface area contributed by atoms with Crippen molar-refractivity contribution >= 4 is 0 Å². The van der Waals surface area contributed by atoms with Gasteiger partial charge in [0.15, 0.2) is 0 Å². The van der Waals surface area contributed by atoms with E-state index in [4.69, 9.17) is 9.72 Å². The molecule has 7 nitrogen and oxygen atoms in total. The summed E-state index contributed by atoms with van der Waals surface area (Å²) in [6.45, 7) is 8.25. The third-order valence-corrected chi connectivity index (χ3v) is 5.68. The van der Waals surface area contributed by atoms with E-state index in [1.165, 1.54) is 17.0 Å². The third kappa shape index (κ3) is 4.02. The van der Waals surface area contributed by atoms with Crippen LogP contribution in [0.1, 0.15) is 28.2 Å². The minimum Gasteiger partial charge on any atom is -0.383 e. The van der Waals surface area contributed by atoms with Crippen molar-refractivity contribution in [2.24, 2.45) is 0 Å². The van der Waals surface area contributed by atoms with Gasteiger partial charge < -0.3 is 14.3 Å². The lowest BCUT2D eigenvalue weighted by Crippen LogP contribution is -2.35. The van der Waals surface area contributed by atoms with E-state index >= 15 is 0 Å². The Balaban J connectivity index is 1.56. The van der Waals surface area contributed by atoms with E-state index in [1.807, 2.05) is 12.1 Å². The van der Waals surface area contributed by atoms with Crippen molar-refractivity contribution in [1.29, 1.82) is 0 Å². The maximum atomic E-state index is 12.6. The first-order valence-electron chi connectivity index (χ1n) is 9.96. The highest BCUT2D eigenvalue weighted by molar-refractivity contribution is 5.53. The molecule has 0 bridgehead atoms. The summed E-state index contributed by atoms with van der Waals surface area (Å²) in [4.78, 5) is 26.8. The maximum absolute atomic E-state index is 12.6. The zero-order chi connectivity index (χ0) is 20.4. The number of hydrogen-bond donors (Lipinski definition) is 1. The summed E-state index contributed by atoms with van der Waals surface area (Å²) in [5.41, 5.74) is 6.31. The van der Waals surface area contributed by atoms with E-state index in [-0.39, 0.29) is 5.56 Å². The van der Waals surface area contributed by atoms with E-state index in [0.29, 0.717) is 25.4 Å². The molecule has 29 heavy (non-hydrogen) atoms. The zero-order valence-corrected chi connectivity index (χ0v) is 17.2. The molecular formula is C22H27N5O2. The van der Waals surface area contributed by atoms with Crippen LogP contribution >= 0.6 is 0 Å². The van der Waals surface area contributed by atoms with Gasteiger partial charge in [-0.3, -0.25) is 14.7 Å². The first-order valence-corrected chi connectivity index (χ1v) is 9.96. The summed E-state index contributed by atoms with van der Waals surface area (Å²) in [7, 11) is 1.73. The molecule has 3 aromatic heterocycles. The fraction of sp³-hybridized carbons (Fsp3) is 0.409. The van der Waals surface area contributed by atoms with Crippen LogP contribution in [0.2, 0.25) is 0 Å². The average Bonchev–Trinajstić information content (AvgIpc) is 2.99. The number of pyridine rings is 1. The summed E-state index contributed by atoms with van der Waals surface area (Å²) in [5, 5.41) is 0. The van der Waals surface area contributed by atoms with E-state index in [2.05, 4.69) is 39.3 Å². The van der Waals surface area contributed by atoms with Gasteiger partial charge in [0, 0.05) is 68.2 Å². The topological polar surface area (TPSA) is 76.0 Å². The van der Waals surface area contributed by atoms with Gasteiger partial charge in [0.2, 0.25) is 0 Å². The molecule has 0 aliphatic carbocycles. The van der Waals surface area contributed by atoms with Crippen molar-refractivity contribution in [3.63, 3.8) is 0 Å². The van der Waals surface area contributed by atoms with E-state index in [1.54, 1.807) is 19.5 Å². The fourth-order valence-corrected chi connectivity index (χ4v) is 4.07. The number of methoxy groups -OCH3 is 1. The van der Waals surface area contributed by atoms with Crippen molar-refractivity contribution in [3.8, 4) is 11.4 Å². The second-order valence-electron chi connectivity index (χ2n) is 7.58. The highest BCUT2D eigenvalue weighted by Crippen LogP contribution is 2.22. The fourth-order valence-electron chi connectivity index (χ4n) is 4.07. The Hall–Kier alpha value is -2.77. The molecule has 7 heteroatoms. The number of rotatable bonds is 6. The number of aryl methyl sites for hydroxylation is 1. The minimum absolute atomic E-state index is 0.0359. The first kappa shape index (κ1) is 19.5. The molecule has 0 spiro atoms. The van der Waals surface area contributed by atoms with Gasteiger partial charge in [-0.25, -0.2) is 4.98 Å². The molecule has 0 unspecified atom stereocenters. The van der Waals surface area contributed by atoms with Crippen LogP contribution in [0.25, 0.3) is 11.4 Å². The van der Waals surface area contributed by atoms with Crippen LogP contribution < -0.4 is 5.56 Å². The number of ether oxygens (including phenoxy) is 1. The molecule has 0 saturated carbocycles. The lowest BCUT2D eigenvalue weighted by molar-refractivity contribution is 0.186. The normalized spacial score (nSPS) is 14.2. The molecule has 3 aromatic rings. The zero-order valence-electron chi connectivity index (χ0n) is 17.2. The molecule has 0 amide bonds.